The lowest BCUT2D eigenvalue weighted by molar-refractivity contribution is 0.0930. The molecule has 0 unspecified atom stereocenters. The average Bonchev–Trinajstić information content (AvgIpc) is 3.23. The summed E-state index contributed by atoms with van der Waals surface area (Å²) in [7, 11) is 0. The van der Waals surface area contributed by atoms with Crippen LogP contribution in [0, 0.1) is 0 Å². The SMILES string of the molecule is O=C(N[C@@H]1C[C@H]2CC[C@@H]1N2)c1ncc(-c2cccc(Cl)c2)s1. The van der Waals surface area contributed by atoms with Crippen molar-refractivity contribution >= 4 is 28.8 Å². The molecule has 2 aliphatic rings. The van der Waals surface area contributed by atoms with E-state index < -0.39 is 0 Å². The van der Waals surface area contributed by atoms with E-state index in [1.54, 1.807) is 6.20 Å². The molecule has 4 rings (SSSR count). The predicted molar refractivity (Wildman–Crippen MR) is 88.4 cm³/mol. The molecule has 0 spiro atoms. The second kappa shape index (κ2) is 5.65. The number of hydrogen-bond donors (Lipinski definition) is 2. The molecular weight excluding hydrogens is 318 g/mol. The monoisotopic (exact) mass is 333 g/mol. The average molecular weight is 334 g/mol. The fraction of sp³-hybridized carbons (Fsp3) is 0.375. The molecular formula is C16H16ClN3OS. The summed E-state index contributed by atoms with van der Waals surface area (Å²) in [5.41, 5.74) is 0.991. The van der Waals surface area contributed by atoms with Gasteiger partial charge in [0.25, 0.3) is 5.91 Å². The van der Waals surface area contributed by atoms with Crippen LogP contribution in [0.5, 0.6) is 0 Å². The molecule has 3 atom stereocenters. The Labute approximate surface area is 137 Å². The molecule has 1 aromatic carbocycles. The van der Waals surface area contributed by atoms with E-state index >= 15 is 0 Å². The normalized spacial score (nSPS) is 26.3. The molecule has 3 heterocycles. The molecule has 0 saturated carbocycles. The lowest BCUT2D eigenvalue weighted by Gasteiger charge is -2.20. The van der Waals surface area contributed by atoms with Crippen molar-refractivity contribution in [1.29, 1.82) is 0 Å². The van der Waals surface area contributed by atoms with E-state index in [2.05, 4.69) is 15.6 Å². The van der Waals surface area contributed by atoms with Gasteiger partial charge in [0.05, 0.1) is 4.88 Å². The fourth-order valence-electron chi connectivity index (χ4n) is 3.37. The molecule has 1 amide bonds. The molecule has 4 nitrogen and oxygen atoms in total. The number of carbonyl (C=O) groups is 1. The Morgan fingerprint density at radius 3 is 3.05 bits per heavy atom. The predicted octanol–water partition coefficient (Wildman–Crippen LogP) is 3.09. The molecule has 0 aliphatic carbocycles. The lowest BCUT2D eigenvalue weighted by atomic mass is 9.95. The van der Waals surface area contributed by atoms with Crippen LogP contribution in [0.15, 0.2) is 30.5 Å². The highest BCUT2D eigenvalue weighted by Gasteiger charge is 2.39. The van der Waals surface area contributed by atoms with Gasteiger partial charge in [-0.3, -0.25) is 4.79 Å². The summed E-state index contributed by atoms with van der Waals surface area (Å²) in [5, 5.41) is 7.85. The van der Waals surface area contributed by atoms with E-state index in [9.17, 15) is 4.79 Å². The summed E-state index contributed by atoms with van der Waals surface area (Å²) < 4.78 is 0. The van der Waals surface area contributed by atoms with Crippen LogP contribution in [-0.4, -0.2) is 29.0 Å². The summed E-state index contributed by atoms with van der Waals surface area (Å²) in [6, 6.07) is 8.84. The van der Waals surface area contributed by atoms with Gasteiger partial charge < -0.3 is 10.6 Å². The van der Waals surface area contributed by atoms with Gasteiger partial charge >= 0.3 is 0 Å². The van der Waals surface area contributed by atoms with E-state index in [1.807, 2.05) is 24.3 Å². The van der Waals surface area contributed by atoms with Crippen molar-refractivity contribution in [3.63, 3.8) is 0 Å². The highest BCUT2D eigenvalue weighted by Crippen LogP contribution is 2.30. The van der Waals surface area contributed by atoms with E-state index in [4.69, 9.17) is 11.6 Å². The molecule has 0 radical (unpaired) electrons. The van der Waals surface area contributed by atoms with Crippen LogP contribution in [0.3, 0.4) is 0 Å². The first-order valence-corrected chi connectivity index (χ1v) is 8.67. The quantitative estimate of drug-likeness (QED) is 0.907. The number of halogens is 1. The number of fused-ring (bicyclic) bond motifs is 2. The minimum Gasteiger partial charge on any atom is -0.346 e. The Kier molecular flexibility index (Phi) is 3.64. The zero-order valence-electron chi connectivity index (χ0n) is 11.9. The van der Waals surface area contributed by atoms with E-state index in [1.165, 1.54) is 17.8 Å². The smallest absolute Gasteiger partial charge is 0.280 e. The van der Waals surface area contributed by atoms with Gasteiger partial charge in [-0.25, -0.2) is 4.98 Å². The van der Waals surface area contributed by atoms with Crippen molar-refractivity contribution in [1.82, 2.24) is 15.6 Å². The Hall–Kier alpha value is -1.43. The Bertz CT molecular complexity index is 717. The van der Waals surface area contributed by atoms with Crippen LogP contribution < -0.4 is 10.6 Å². The number of aromatic nitrogens is 1. The first-order chi connectivity index (χ1) is 10.7. The fourth-order valence-corrected chi connectivity index (χ4v) is 4.37. The van der Waals surface area contributed by atoms with Gasteiger partial charge in [0.1, 0.15) is 0 Å². The molecule has 1 aromatic heterocycles. The van der Waals surface area contributed by atoms with Gasteiger partial charge in [-0.2, -0.15) is 0 Å². The van der Waals surface area contributed by atoms with Crippen molar-refractivity contribution in [2.24, 2.45) is 0 Å². The molecule has 2 bridgehead atoms. The van der Waals surface area contributed by atoms with Crippen LogP contribution in [0.1, 0.15) is 29.1 Å². The van der Waals surface area contributed by atoms with Gasteiger partial charge in [-0.05, 0) is 37.0 Å². The zero-order valence-corrected chi connectivity index (χ0v) is 13.5. The third-order valence-corrected chi connectivity index (χ3v) is 5.71. The second-order valence-electron chi connectivity index (χ2n) is 5.90. The number of rotatable bonds is 3. The first kappa shape index (κ1) is 14.2. The Morgan fingerprint density at radius 2 is 2.32 bits per heavy atom. The molecule has 114 valence electrons. The summed E-state index contributed by atoms with van der Waals surface area (Å²) in [5.74, 6) is -0.0716. The molecule has 2 saturated heterocycles. The first-order valence-electron chi connectivity index (χ1n) is 7.48. The second-order valence-corrected chi connectivity index (χ2v) is 7.37. The van der Waals surface area contributed by atoms with E-state index in [0.717, 1.165) is 23.3 Å². The summed E-state index contributed by atoms with van der Waals surface area (Å²) in [6.07, 6.45) is 5.15. The molecule has 2 aromatic rings. The summed E-state index contributed by atoms with van der Waals surface area (Å²) in [4.78, 5) is 17.6. The van der Waals surface area contributed by atoms with Crippen molar-refractivity contribution in [3.05, 3.63) is 40.5 Å². The molecule has 2 fully saturated rings. The van der Waals surface area contributed by atoms with Gasteiger partial charge in [-0.15, -0.1) is 11.3 Å². The van der Waals surface area contributed by atoms with Gasteiger partial charge in [0.15, 0.2) is 5.01 Å². The Balaban J connectivity index is 1.48. The third-order valence-electron chi connectivity index (χ3n) is 4.43. The van der Waals surface area contributed by atoms with Gasteiger partial charge in [-0.1, -0.05) is 23.7 Å². The number of nitrogens with one attached hydrogen (secondary N) is 2. The molecule has 2 aliphatic heterocycles. The highest BCUT2D eigenvalue weighted by molar-refractivity contribution is 7.17. The van der Waals surface area contributed by atoms with Crippen molar-refractivity contribution < 1.29 is 4.79 Å². The number of nitrogens with zero attached hydrogens (tertiary/aromatic N) is 1. The van der Waals surface area contributed by atoms with Crippen LogP contribution >= 0.6 is 22.9 Å². The maximum atomic E-state index is 12.4. The van der Waals surface area contributed by atoms with Crippen LogP contribution in [0.2, 0.25) is 5.02 Å². The van der Waals surface area contributed by atoms with Crippen LogP contribution in [-0.2, 0) is 0 Å². The maximum absolute atomic E-state index is 12.4. The molecule has 6 heteroatoms. The van der Waals surface area contributed by atoms with Crippen LogP contribution in [0.25, 0.3) is 10.4 Å². The molecule has 22 heavy (non-hydrogen) atoms. The number of amides is 1. The maximum Gasteiger partial charge on any atom is 0.280 e. The number of benzene rings is 1. The van der Waals surface area contributed by atoms with Crippen molar-refractivity contribution in [3.8, 4) is 10.4 Å². The molecule has 2 N–H and O–H groups in total. The van der Waals surface area contributed by atoms with E-state index in [0.29, 0.717) is 22.1 Å². The number of hydrogen-bond acceptors (Lipinski definition) is 4. The standard InChI is InChI=1S/C16H16ClN3OS/c17-10-3-1-2-9(6-10)14-8-18-16(22-14)15(21)20-13-7-11-4-5-12(13)19-11/h1-3,6,8,11-13,19H,4-5,7H2,(H,20,21)/t11-,12+,13-/m1/s1. The minimum atomic E-state index is -0.0716. The lowest BCUT2D eigenvalue weighted by Crippen LogP contribution is -2.42. The van der Waals surface area contributed by atoms with Crippen molar-refractivity contribution in [2.75, 3.05) is 0 Å². The van der Waals surface area contributed by atoms with E-state index in [-0.39, 0.29) is 11.9 Å². The summed E-state index contributed by atoms with van der Waals surface area (Å²) >= 11 is 7.42. The Morgan fingerprint density at radius 1 is 1.41 bits per heavy atom. The van der Waals surface area contributed by atoms with Crippen LogP contribution in [0.4, 0.5) is 0 Å². The zero-order chi connectivity index (χ0) is 15.1. The number of thiazole rings is 1. The van der Waals surface area contributed by atoms with Gasteiger partial charge in [0.2, 0.25) is 0 Å². The minimum absolute atomic E-state index is 0.0716. The highest BCUT2D eigenvalue weighted by atomic mass is 35.5. The third kappa shape index (κ3) is 2.64. The van der Waals surface area contributed by atoms with Crippen molar-refractivity contribution in [2.45, 2.75) is 37.4 Å². The summed E-state index contributed by atoms with van der Waals surface area (Å²) in [6.45, 7) is 0. The van der Waals surface area contributed by atoms with Gasteiger partial charge in [0, 0.05) is 29.3 Å². The largest absolute Gasteiger partial charge is 0.346 e. The topological polar surface area (TPSA) is 54.0 Å². The number of carbonyl (C=O) groups excluding carboxylic acids is 1.